The van der Waals surface area contributed by atoms with Crippen molar-refractivity contribution in [2.24, 2.45) is 5.73 Å². The van der Waals surface area contributed by atoms with Crippen LogP contribution in [0.2, 0.25) is 0 Å². The van der Waals surface area contributed by atoms with Gasteiger partial charge in [-0.15, -0.1) is 0 Å². The Morgan fingerprint density at radius 3 is 2.50 bits per heavy atom. The van der Waals surface area contributed by atoms with E-state index < -0.39 is 0 Å². The summed E-state index contributed by atoms with van der Waals surface area (Å²) in [5.74, 6) is 0. The minimum absolute atomic E-state index is 0.307. The van der Waals surface area contributed by atoms with Crippen molar-refractivity contribution in [1.29, 1.82) is 0 Å². The van der Waals surface area contributed by atoms with Crippen molar-refractivity contribution >= 4 is 0 Å². The molecule has 0 amide bonds. The van der Waals surface area contributed by atoms with Gasteiger partial charge in [0.15, 0.2) is 0 Å². The summed E-state index contributed by atoms with van der Waals surface area (Å²) in [6, 6.07) is 0.307. The zero-order valence-electron chi connectivity index (χ0n) is 7.43. The van der Waals surface area contributed by atoms with Gasteiger partial charge in [-0.2, -0.15) is 0 Å². The third kappa shape index (κ3) is 6.05. The molecule has 2 heteroatoms. The van der Waals surface area contributed by atoms with E-state index >= 15 is 0 Å². The van der Waals surface area contributed by atoms with Crippen molar-refractivity contribution in [3.63, 3.8) is 0 Å². The largest absolute Gasteiger partial charge is 0.327 e. The van der Waals surface area contributed by atoms with Crippen LogP contribution < -0.4 is 5.73 Å². The number of rotatable bonds is 5. The van der Waals surface area contributed by atoms with Gasteiger partial charge in [-0.25, -0.2) is 0 Å². The molecular formula is C8H20N2. The van der Waals surface area contributed by atoms with Crippen LogP contribution in [0.5, 0.6) is 0 Å². The van der Waals surface area contributed by atoms with Crippen molar-refractivity contribution in [1.82, 2.24) is 4.90 Å². The highest BCUT2D eigenvalue weighted by molar-refractivity contribution is 4.59. The molecule has 2 N–H and O–H groups in total. The number of hydrogen-bond donors (Lipinski definition) is 1. The van der Waals surface area contributed by atoms with Crippen LogP contribution in [-0.4, -0.2) is 31.1 Å². The molecule has 0 fully saturated rings. The van der Waals surface area contributed by atoms with Crippen molar-refractivity contribution in [3.8, 4) is 0 Å². The lowest BCUT2D eigenvalue weighted by Gasteiger charge is -2.17. The second-order valence-corrected chi connectivity index (χ2v) is 3.09. The Kier molecular flexibility index (Phi) is 5.64. The maximum atomic E-state index is 5.62. The quantitative estimate of drug-likeness (QED) is 0.625. The van der Waals surface area contributed by atoms with Crippen molar-refractivity contribution < 1.29 is 0 Å². The van der Waals surface area contributed by atoms with Crippen LogP contribution in [0.15, 0.2) is 0 Å². The zero-order chi connectivity index (χ0) is 7.98. The average molecular weight is 144 g/mol. The molecule has 0 rings (SSSR count). The Bertz CT molecular complexity index is 71.7. The lowest BCUT2D eigenvalue weighted by Crippen LogP contribution is -2.33. The molecule has 0 heterocycles. The molecule has 0 bridgehead atoms. The maximum absolute atomic E-state index is 5.62. The first-order valence-electron chi connectivity index (χ1n) is 4.11. The van der Waals surface area contributed by atoms with Gasteiger partial charge in [0.05, 0.1) is 0 Å². The Morgan fingerprint density at radius 1 is 1.50 bits per heavy atom. The number of nitrogens with zero attached hydrogens (tertiary/aromatic N) is 1. The molecule has 0 aliphatic rings. The summed E-state index contributed by atoms with van der Waals surface area (Å²) in [4.78, 5) is 2.29. The summed E-state index contributed by atoms with van der Waals surface area (Å²) in [7, 11) is 2.12. The minimum Gasteiger partial charge on any atom is -0.327 e. The summed E-state index contributed by atoms with van der Waals surface area (Å²) in [6.07, 6.45) is 2.55. The molecule has 10 heavy (non-hydrogen) atoms. The topological polar surface area (TPSA) is 29.3 Å². The minimum atomic E-state index is 0.307. The lowest BCUT2D eigenvalue weighted by molar-refractivity contribution is 0.312. The van der Waals surface area contributed by atoms with E-state index in [4.69, 9.17) is 5.73 Å². The summed E-state index contributed by atoms with van der Waals surface area (Å²) < 4.78 is 0. The van der Waals surface area contributed by atoms with Gasteiger partial charge in [0.1, 0.15) is 0 Å². The fourth-order valence-corrected chi connectivity index (χ4v) is 1.01. The third-order valence-electron chi connectivity index (χ3n) is 1.49. The van der Waals surface area contributed by atoms with Crippen molar-refractivity contribution in [2.75, 3.05) is 20.1 Å². The molecule has 0 aromatic rings. The fourth-order valence-electron chi connectivity index (χ4n) is 1.01. The number of hydrogen-bond acceptors (Lipinski definition) is 2. The van der Waals surface area contributed by atoms with Gasteiger partial charge in [-0.05, 0) is 26.9 Å². The molecule has 0 aromatic carbocycles. The predicted molar refractivity (Wildman–Crippen MR) is 46.1 cm³/mol. The highest BCUT2D eigenvalue weighted by atomic mass is 15.1. The first kappa shape index (κ1) is 9.92. The first-order chi connectivity index (χ1) is 4.66. The van der Waals surface area contributed by atoms with Crippen LogP contribution >= 0.6 is 0 Å². The number of unbranched alkanes of at least 4 members (excludes halogenated alkanes) is 1. The molecule has 62 valence electrons. The normalized spacial score (nSPS) is 14.1. The summed E-state index contributed by atoms with van der Waals surface area (Å²) in [6.45, 7) is 6.44. The summed E-state index contributed by atoms with van der Waals surface area (Å²) in [5.41, 5.74) is 5.62. The van der Waals surface area contributed by atoms with E-state index in [-0.39, 0.29) is 0 Å². The van der Waals surface area contributed by atoms with Gasteiger partial charge in [0.25, 0.3) is 0 Å². The molecule has 1 atom stereocenters. The molecule has 0 aliphatic heterocycles. The Labute approximate surface area is 64.4 Å². The Morgan fingerprint density at radius 2 is 2.10 bits per heavy atom. The van der Waals surface area contributed by atoms with Crippen LogP contribution in [0.3, 0.4) is 0 Å². The van der Waals surface area contributed by atoms with Gasteiger partial charge in [-0.3, -0.25) is 0 Å². The first-order valence-corrected chi connectivity index (χ1v) is 4.11. The molecule has 0 saturated heterocycles. The predicted octanol–water partition coefficient (Wildman–Crippen LogP) is 1.07. The number of nitrogens with two attached hydrogens (primary N) is 1. The van der Waals surface area contributed by atoms with Crippen LogP contribution in [0, 0.1) is 0 Å². The van der Waals surface area contributed by atoms with Crippen molar-refractivity contribution in [2.45, 2.75) is 32.7 Å². The smallest absolute Gasteiger partial charge is 0.0139 e. The van der Waals surface area contributed by atoms with Crippen LogP contribution in [0.4, 0.5) is 0 Å². The summed E-state index contributed by atoms with van der Waals surface area (Å²) >= 11 is 0. The Hall–Kier alpha value is -0.0800. The highest BCUT2D eigenvalue weighted by Gasteiger charge is 1.99. The molecule has 0 saturated carbocycles. The van der Waals surface area contributed by atoms with Gasteiger partial charge in [-0.1, -0.05) is 13.3 Å². The molecule has 0 unspecified atom stereocenters. The van der Waals surface area contributed by atoms with E-state index in [2.05, 4.69) is 18.9 Å². The zero-order valence-corrected chi connectivity index (χ0v) is 7.43. The maximum Gasteiger partial charge on any atom is 0.0139 e. The molecule has 2 nitrogen and oxygen atoms in total. The van der Waals surface area contributed by atoms with E-state index in [0.29, 0.717) is 6.04 Å². The Balaban J connectivity index is 3.16. The van der Waals surface area contributed by atoms with Crippen LogP contribution in [0.25, 0.3) is 0 Å². The SMILES string of the molecule is CCCCN(C)C[C@H](C)N. The van der Waals surface area contributed by atoms with E-state index in [0.717, 1.165) is 6.54 Å². The van der Waals surface area contributed by atoms with E-state index in [1.165, 1.54) is 19.4 Å². The summed E-state index contributed by atoms with van der Waals surface area (Å²) in [5, 5.41) is 0. The second kappa shape index (κ2) is 5.69. The fraction of sp³-hybridized carbons (Fsp3) is 1.00. The van der Waals surface area contributed by atoms with Gasteiger partial charge >= 0.3 is 0 Å². The molecule has 0 spiro atoms. The third-order valence-corrected chi connectivity index (χ3v) is 1.49. The molecule has 0 aromatic heterocycles. The van der Waals surface area contributed by atoms with Crippen molar-refractivity contribution in [3.05, 3.63) is 0 Å². The van der Waals surface area contributed by atoms with E-state index in [1.807, 2.05) is 6.92 Å². The molecular weight excluding hydrogens is 124 g/mol. The van der Waals surface area contributed by atoms with Gasteiger partial charge in [0, 0.05) is 12.6 Å². The molecule has 0 radical (unpaired) electrons. The van der Waals surface area contributed by atoms with Gasteiger partial charge in [0.2, 0.25) is 0 Å². The molecule has 0 aliphatic carbocycles. The number of likely N-dealkylation sites (N-methyl/N-ethyl adjacent to an activating group) is 1. The second-order valence-electron chi connectivity index (χ2n) is 3.09. The lowest BCUT2D eigenvalue weighted by atomic mass is 10.3. The highest BCUT2D eigenvalue weighted by Crippen LogP contribution is 1.91. The average Bonchev–Trinajstić information content (AvgIpc) is 1.82. The monoisotopic (exact) mass is 144 g/mol. The standard InChI is InChI=1S/C8H20N2/c1-4-5-6-10(3)7-8(2)9/h8H,4-7,9H2,1-3H3/t8-/m0/s1. The van der Waals surface area contributed by atoms with Crippen LogP contribution in [-0.2, 0) is 0 Å². The van der Waals surface area contributed by atoms with E-state index in [9.17, 15) is 0 Å². The van der Waals surface area contributed by atoms with Crippen LogP contribution in [0.1, 0.15) is 26.7 Å². The van der Waals surface area contributed by atoms with E-state index in [1.54, 1.807) is 0 Å². The van der Waals surface area contributed by atoms with Gasteiger partial charge < -0.3 is 10.6 Å².